The van der Waals surface area contributed by atoms with E-state index >= 15 is 0 Å². The number of hydrogen-bond acceptors (Lipinski definition) is 10. The zero-order valence-electron chi connectivity index (χ0n) is 19.3. The predicted molar refractivity (Wildman–Crippen MR) is 116 cm³/mol. The summed E-state index contributed by atoms with van der Waals surface area (Å²) in [5.74, 6) is -0.989. The number of aliphatic hydroxyl groups excluding tert-OH is 1. The lowest BCUT2D eigenvalue weighted by atomic mass is 10.1. The molecular formula is C22H29N5O6. The van der Waals surface area contributed by atoms with Crippen molar-refractivity contribution in [3.63, 3.8) is 0 Å². The Morgan fingerprint density at radius 3 is 2.73 bits per heavy atom. The number of aliphatic hydroxyl groups is 1. The maximum Gasteiger partial charge on any atom is 0.435 e. The fourth-order valence-corrected chi connectivity index (χ4v) is 4.19. The van der Waals surface area contributed by atoms with Crippen LogP contribution in [0.2, 0.25) is 0 Å². The van der Waals surface area contributed by atoms with Crippen LogP contribution in [0.25, 0.3) is 0 Å². The van der Waals surface area contributed by atoms with Crippen LogP contribution >= 0.6 is 0 Å². The summed E-state index contributed by atoms with van der Waals surface area (Å²) in [7, 11) is 0. The van der Waals surface area contributed by atoms with Crippen LogP contribution in [0.5, 0.6) is 0 Å². The maximum atomic E-state index is 13.2. The van der Waals surface area contributed by atoms with Crippen molar-refractivity contribution in [2.45, 2.75) is 70.7 Å². The summed E-state index contributed by atoms with van der Waals surface area (Å²) in [4.78, 5) is 33.6. The second-order valence-electron chi connectivity index (χ2n) is 9.73. The van der Waals surface area contributed by atoms with E-state index in [9.17, 15) is 14.7 Å². The molecule has 4 atom stereocenters. The Bertz CT molecular complexity index is 1050. The van der Waals surface area contributed by atoms with Gasteiger partial charge >= 0.3 is 6.09 Å². The Hall–Kier alpha value is -2.89. The van der Waals surface area contributed by atoms with E-state index in [0.717, 1.165) is 4.68 Å². The molecule has 1 saturated carbocycles. The van der Waals surface area contributed by atoms with Crippen molar-refractivity contribution < 1.29 is 28.9 Å². The standard InChI is InChI=1S/C22H29N5O6/c1-21(2,3)33-20(30)27-7-6-14(26-27)16(29)13-9-23-11-24-19(13)25-15-8-12(10-28)17-18(15)32-22(4,5)31-17/h6-7,9,11-12,15,17-18,28H,8,10H2,1-5H3,(H,23,24,25)/t12-,15-,17-,18+/m1/s1. The van der Waals surface area contributed by atoms with Crippen molar-refractivity contribution in [1.82, 2.24) is 19.7 Å². The van der Waals surface area contributed by atoms with E-state index < -0.39 is 23.3 Å². The second kappa shape index (κ2) is 8.47. The van der Waals surface area contributed by atoms with Crippen molar-refractivity contribution >= 4 is 17.7 Å². The summed E-state index contributed by atoms with van der Waals surface area (Å²) in [5, 5.41) is 17.1. The van der Waals surface area contributed by atoms with E-state index in [1.54, 1.807) is 20.8 Å². The Kier molecular flexibility index (Phi) is 5.97. The summed E-state index contributed by atoms with van der Waals surface area (Å²) in [6, 6.07) is 1.21. The molecule has 2 aromatic heterocycles. The SMILES string of the molecule is CC(C)(C)OC(=O)n1ccc(C(=O)c2cncnc2N[C@@H]2C[C@H](CO)[C@H]3OC(C)(C)O[C@H]32)n1. The molecule has 2 aliphatic rings. The molecule has 0 unspecified atom stereocenters. The van der Waals surface area contributed by atoms with E-state index in [1.807, 2.05) is 13.8 Å². The fraction of sp³-hybridized carbons (Fsp3) is 0.591. The summed E-state index contributed by atoms with van der Waals surface area (Å²) in [6.07, 6.45) is 3.46. The van der Waals surface area contributed by atoms with Crippen LogP contribution in [0.15, 0.2) is 24.8 Å². The number of hydrogen-bond donors (Lipinski definition) is 2. The van der Waals surface area contributed by atoms with Crippen molar-refractivity contribution in [3.05, 3.63) is 36.0 Å². The number of ether oxygens (including phenoxy) is 3. The highest BCUT2D eigenvalue weighted by Crippen LogP contribution is 2.42. The molecule has 0 radical (unpaired) electrons. The van der Waals surface area contributed by atoms with Crippen LogP contribution in [-0.2, 0) is 14.2 Å². The van der Waals surface area contributed by atoms with Crippen LogP contribution in [0, 0.1) is 5.92 Å². The number of fused-ring (bicyclic) bond motifs is 1. The number of carbonyl (C=O) groups is 2. The molecular weight excluding hydrogens is 430 g/mol. The highest BCUT2D eigenvalue weighted by molar-refractivity contribution is 6.10. The molecule has 4 rings (SSSR count). The lowest BCUT2D eigenvalue weighted by Crippen LogP contribution is -2.35. The first-order valence-electron chi connectivity index (χ1n) is 10.8. The first-order chi connectivity index (χ1) is 15.5. The molecule has 2 fully saturated rings. The van der Waals surface area contributed by atoms with Crippen LogP contribution in [0.4, 0.5) is 10.6 Å². The highest BCUT2D eigenvalue weighted by atomic mass is 16.8. The number of rotatable bonds is 5. The average molecular weight is 460 g/mol. The summed E-state index contributed by atoms with van der Waals surface area (Å²) >= 11 is 0. The zero-order valence-corrected chi connectivity index (χ0v) is 19.3. The summed E-state index contributed by atoms with van der Waals surface area (Å²) < 4.78 is 18.3. The van der Waals surface area contributed by atoms with Gasteiger partial charge < -0.3 is 24.6 Å². The van der Waals surface area contributed by atoms with Crippen LogP contribution in [-0.4, -0.2) is 73.0 Å². The number of nitrogens with zero attached hydrogens (tertiary/aromatic N) is 4. The Morgan fingerprint density at radius 1 is 1.30 bits per heavy atom. The van der Waals surface area contributed by atoms with Gasteiger partial charge in [-0.2, -0.15) is 9.78 Å². The second-order valence-corrected chi connectivity index (χ2v) is 9.73. The topological polar surface area (TPSA) is 138 Å². The van der Waals surface area contributed by atoms with E-state index in [1.165, 1.54) is 24.8 Å². The van der Waals surface area contributed by atoms with E-state index in [-0.39, 0.29) is 42.0 Å². The Morgan fingerprint density at radius 2 is 2.03 bits per heavy atom. The minimum Gasteiger partial charge on any atom is -0.442 e. The fourth-order valence-electron chi connectivity index (χ4n) is 4.19. The van der Waals surface area contributed by atoms with Gasteiger partial charge in [-0.1, -0.05) is 0 Å². The molecule has 11 nitrogen and oxygen atoms in total. The van der Waals surface area contributed by atoms with Crippen LogP contribution < -0.4 is 5.32 Å². The Balaban J connectivity index is 1.54. The first kappa shape index (κ1) is 23.3. The van der Waals surface area contributed by atoms with Gasteiger partial charge in [-0.15, -0.1) is 0 Å². The number of aromatic nitrogens is 4. The molecule has 3 heterocycles. The molecule has 0 spiro atoms. The summed E-state index contributed by atoms with van der Waals surface area (Å²) in [5.41, 5.74) is -0.434. The quantitative estimate of drug-likeness (QED) is 0.639. The minimum atomic E-state index is -0.762. The molecule has 1 aliphatic heterocycles. The van der Waals surface area contributed by atoms with E-state index in [2.05, 4.69) is 20.4 Å². The average Bonchev–Trinajstić information content (AvgIpc) is 3.41. The molecule has 1 saturated heterocycles. The lowest BCUT2D eigenvalue weighted by Gasteiger charge is -2.24. The van der Waals surface area contributed by atoms with E-state index in [0.29, 0.717) is 12.2 Å². The van der Waals surface area contributed by atoms with Crippen LogP contribution in [0.3, 0.4) is 0 Å². The van der Waals surface area contributed by atoms with Gasteiger partial charge in [0, 0.05) is 24.9 Å². The number of ketones is 1. The lowest BCUT2D eigenvalue weighted by molar-refractivity contribution is -0.158. The van der Waals surface area contributed by atoms with Gasteiger partial charge in [0.15, 0.2) is 5.79 Å². The summed E-state index contributed by atoms with van der Waals surface area (Å²) in [6.45, 7) is 8.87. The monoisotopic (exact) mass is 459 g/mol. The largest absolute Gasteiger partial charge is 0.442 e. The van der Waals surface area contributed by atoms with E-state index in [4.69, 9.17) is 14.2 Å². The maximum absolute atomic E-state index is 13.2. The van der Waals surface area contributed by atoms with Gasteiger partial charge in [0.2, 0.25) is 5.78 Å². The predicted octanol–water partition coefficient (Wildman–Crippen LogP) is 2.00. The molecule has 178 valence electrons. The molecule has 2 aromatic rings. The Labute approximate surface area is 191 Å². The normalized spacial score (nSPS) is 26.1. The number of nitrogens with one attached hydrogen (secondary N) is 1. The molecule has 0 amide bonds. The van der Waals surface area contributed by atoms with Gasteiger partial charge in [-0.3, -0.25) is 4.79 Å². The first-order valence-corrected chi connectivity index (χ1v) is 10.8. The van der Waals surface area contributed by atoms with Crippen molar-refractivity contribution in [2.75, 3.05) is 11.9 Å². The minimum absolute atomic E-state index is 0.0313. The zero-order chi connectivity index (χ0) is 24.0. The van der Waals surface area contributed by atoms with Gasteiger partial charge in [0.25, 0.3) is 0 Å². The highest BCUT2D eigenvalue weighted by Gasteiger charge is 2.54. The molecule has 2 N–H and O–H groups in total. The van der Waals surface area contributed by atoms with Crippen molar-refractivity contribution in [1.29, 1.82) is 0 Å². The van der Waals surface area contributed by atoms with Crippen molar-refractivity contribution in [2.24, 2.45) is 5.92 Å². The third-order valence-corrected chi connectivity index (χ3v) is 5.50. The van der Waals surface area contributed by atoms with Crippen molar-refractivity contribution in [3.8, 4) is 0 Å². The molecule has 1 aliphatic carbocycles. The smallest absolute Gasteiger partial charge is 0.435 e. The molecule has 33 heavy (non-hydrogen) atoms. The van der Waals surface area contributed by atoms with Crippen LogP contribution in [0.1, 0.15) is 57.1 Å². The van der Waals surface area contributed by atoms with Gasteiger partial charge in [0.1, 0.15) is 29.5 Å². The van der Waals surface area contributed by atoms with Gasteiger partial charge in [0.05, 0.1) is 17.7 Å². The third kappa shape index (κ3) is 4.90. The van der Waals surface area contributed by atoms with Gasteiger partial charge in [-0.05, 0) is 47.1 Å². The molecule has 11 heteroatoms. The number of anilines is 1. The molecule has 0 aromatic carbocycles. The third-order valence-electron chi connectivity index (χ3n) is 5.50. The molecule has 0 bridgehead atoms. The number of carbonyl (C=O) groups excluding carboxylic acids is 2. The van der Waals surface area contributed by atoms with Gasteiger partial charge in [-0.25, -0.2) is 14.8 Å².